The van der Waals surface area contributed by atoms with Crippen molar-refractivity contribution in [3.8, 4) is 16.9 Å². The predicted molar refractivity (Wildman–Crippen MR) is 96.7 cm³/mol. The summed E-state index contributed by atoms with van der Waals surface area (Å²) in [7, 11) is 0. The maximum absolute atomic E-state index is 14.4. The van der Waals surface area contributed by atoms with Gasteiger partial charge in [-0.2, -0.15) is 8.78 Å². The van der Waals surface area contributed by atoms with Gasteiger partial charge in [0.25, 0.3) is 0 Å². The highest BCUT2D eigenvalue weighted by molar-refractivity contribution is 5.64. The van der Waals surface area contributed by atoms with Gasteiger partial charge in [0, 0.05) is 0 Å². The summed E-state index contributed by atoms with van der Waals surface area (Å²) in [6.45, 7) is 1.89. The topological polar surface area (TPSA) is 9.23 Å². The molecule has 7 heteroatoms. The zero-order valence-electron chi connectivity index (χ0n) is 15.3. The first-order valence-electron chi connectivity index (χ1n) is 8.82. The molecule has 1 nitrogen and oxygen atoms in total. The van der Waals surface area contributed by atoms with Gasteiger partial charge in [0.1, 0.15) is 11.6 Å². The van der Waals surface area contributed by atoms with Gasteiger partial charge < -0.3 is 4.74 Å². The van der Waals surface area contributed by atoms with Crippen LogP contribution in [0.2, 0.25) is 0 Å². The zero-order valence-corrected chi connectivity index (χ0v) is 15.3. The second-order valence-electron chi connectivity index (χ2n) is 6.46. The quantitative estimate of drug-likeness (QED) is 0.314. The second-order valence-corrected chi connectivity index (χ2v) is 6.46. The molecule has 0 heterocycles. The van der Waals surface area contributed by atoms with Crippen molar-refractivity contribution in [2.75, 3.05) is 0 Å². The van der Waals surface area contributed by atoms with Crippen molar-refractivity contribution in [2.45, 2.75) is 25.9 Å². The molecule has 0 aliphatic heterocycles. The molecule has 152 valence electrons. The van der Waals surface area contributed by atoms with Gasteiger partial charge in [-0.1, -0.05) is 31.5 Å². The number of alkyl halides is 2. The summed E-state index contributed by atoms with van der Waals surface area (Å²) in [6, 6.07) is 9.87. The zero-order chi connectivity index (χ0) is 21.2. The highest BCUT2D eigenvalue weighted by atomic mass is 19.3. The fourth-order valence-corrected chi connectivity index (χ4v) is 2.88. The number of ether oxygens (including phenoxy) is 1. The minimum Gasteiger partial charge on any atom is -0.429 e. The Morgan fingerprint density at radius 2 is 1.38 bits per heavy atom. The largest absolute Gasteiger partial charge is 0.429 e. The van der Waals surface area contributed by atoms with Gasteiger partial charge in [0.2, 0.25) is 0 Å². The molecule has 3 aromatic rings. The highest BCUT2D eigenvalue weighted by Crippen LogP contribution is 2.34. The van der Waals surface area contributed by atoms with Gasteiger partial charge in [-0.25, -0.2) is 17.6 Å². The van der Waals surface area contributed by atoms with E-state index in [2.05, 4.69) is 4.74 Å². The maximum atomic E-state index is 14.4. The van der Waals surface area contributed by atoms with Crippen LogP contribution < -0.4 is 4.74 Å². The van der Waals surface area contributed by atoms with Crippen LogP contribution in [-0.2, 0) is 12.5 Å². The first-order chi connectivity index (χ1) is 13.7. The van der Waals surface area contributed by atoms with Crippen LogP contribution in [-0.4, -0.2) is 0 Å². The SMILES string of the molecule is CCCc1ccc(C(F)(F)Oc2ccc(-c3cc(F)c(F)c(F)c3)cc2)c(F)c1. The molecule has 3 aromatic carbocycles. The van der Waals surface area contributed by atoms with E-state index >= 15 is 0 Å². The molecule has 0 unspecified atom stereocenters. The van der Waals surface area contributed by atoms with Gasteiger partial charge in [0.05, 0.1) is 5.56 Å². The number of rotatable bonds is 6. The van der Waals surface area contributed by atoms with Crippen LogP contribution in [0.25, 0.3) is 11.1 Å². The molecule has 0 spiro atoms. The summed E-state index contributed by atoms with van der Waals surface area (Å²) in [5.41, 5.74) is -0.0115. The van der Waals surface area contributed by atoms with E-state index in [1.165, 1.54) is 18.2 Å². The minimum absolute atomic E-state index is 0.0252. The first kappa shape index (κ1) is 20.8. The van der Waals surface area contributed by atoms with Gasteiger partial charge in [-0.05, 0) is 59.5 Å². The van der Waals surface area contributed by atoms with Crippen LogP contribution in [0.15, 0.2) is 54.6 Å². The Kier molecular flexibility index (Phi) is 5.86. The average molecular weight is 410 g/mol. The normalized spacial score (nSPS) is 11.6. The summed E-state index contributed by atoms with van der Waals surface area (Å²) < 4.78 is 87.3. The molecule has 0 fully saturated rings. The Labute approximate surface area is 163 Å². The van der Waals surface area contributed by atoms with E-state index in [4.69, 9.17) is 0 Å². The molecule has 0 aromatic heterocycles. The van der Waals surface area contributed by atoms with E-state index in [1.807, 2.05) is 6.92 Å². The standard InChI is InChI=1S/C22H16F6O/c1-2-3-13-4-9-17(18(23)10-13)22(27,28)29-16-7-5-14(6-8-16)15-11-19(24)21(26)20(25)12-15/h4-12H,2-3H2,1H3. The average Bonchev–Trinajstić information content (AvgIpc) is 2.66. The molecule has 0 aliphatic carbocycles. The molecular formula is C22H16F6O. The summed E-state index contributed by atoms with van der Waals surface area (Å²) >= 11 is 0. The Balaban J connectivity index is 1.82. The lowest BCUT2D eigenvalue weighted by molar-refractivity contribution is -0.187. The summed E-state index contributed by atoms with van der Waals surface area (Å²) in [4.78, 5) is 0. The van der Waals surface area contributed by atoms with E-state index in [0.29, 0.717) is 12.0 Å². The van der Waals surface area contributed by atoms with Crippen molar-refractivity contribution in [2.24, 2.45) is 0 Å². The molecule has 0 N–H and O–H groups in total. The van der Waals surface area contributed by atoms with Gasteiger partial charge in [-0.3, -0.25) is 0 Å². The molecule has 0 saturated heterocycles. The third-order valence-electron chi connectivity index (χ3n) is 4.30. The molecule has 0 aliphatic rings. The monoisotopic (exact) mass is 410 g/mol. The number of aryl methyl sites for hydroxylation is 1. The van der Waals surface area contributed by atoms with Crippen LogP contribution in [0.1, 0.15) is 24.5 Å². The molecule has 3 rings (SSSR count). The van der Waals surface area contributed by atoms with Gasteiger partial charge >= 0.3 is 6.11 Å². The number of hydrogen-bond donors (Lipinski definition) is 0. The predicted octanol–water partition coefficient (Wildman–Crippen LogP) is 6.99. The summed E-state index contributed by atoms with van der Waals surface area (Å²) in [5.74, 6) is -5.68. The smallest absolute Gasteiger partial charge is 0.429 e. The molecule has 0 radical (unpaired) electrons. The van der Waals surface area contributed by atoms with Crippen LogP contribution in [0.5, 0.6) is 5.75 Å². The Morgan fingerprint density at radius 3 is 1.93 bits per heavy atom. The van der Waals surface area contributed by atoms with Crippen LogP contribution in [0.3, 0.4) is 0 Å². The van der Waals surface area contributed by atoms with Crippen molar-refractivity contribution < 1.29 is 31.1 Å². The Hall–Kier alpha value is -2.96. The van der Waals surface area contributed by atoms with E-state index in [9.17, 15) is 26.3 Å². The fourth-order valence-electron chi connectivity index (χ4n) is 2.88. The summed E-state index contributed by atoms with van der Waals surface area (Å²) in [5, 5.41) is 0. The number of benzene rings is 3. The fraction of sp³-hybridized carbons (Fsp3) is 0.182. The van der Waals surface area contributed by atoms with Crippen LogP contribution in [0.4, 0.5) is 26.3 Å². The van der Waals surface area contributed by atoms with Crippen molar-refractivity contribution in [3.63, 3.8) is 0 Å². The molecule has 0 bridgehead atoms. The van der Waals surface area contributed by atoms with E-state index in [0.717, 1.165) is 42.8 Å². The molecule has 0 amide bonds. The van der Waals surface area contributed by atoms with Crippen molar-refractivity contribution >= 4 is 0 Å². The lowest BCUT2D eigenvalue weighted by Crippen LogP contribution is -2.23. The summed E-state index contributed by atoms with van der Waals surface area (Å²) in [6.07, 6.45) is -2.61. The lowest BCUT2D eigenvalue weighted by atomic mass is 10.0. The minimum atomic E-state index is -3.93. The first-order valence-corrected chi connectivity index (χ1v) is 8.82. The molecule has 29 heavy (non-hydrogen) atoms. The number of hydrogen-bond acceptors (Lipinski definition) is 1. The van der Waals surface area contributed by atoms with Gasteiger partial charge in [0.15, 0.2) is 17.5 Å². The molecule has 0 atom stereocenters. The third-order valence-corrected chi connectivity index (χ3v) is 4.30. The van der Waals surface area contributed by atoms with E-state index in [-0.39, 0.29) is 16.9 Å². The maximum Gasteiger partial charge on any atom is 0.429 e. The second kappa shape index (κ2) is 8.19. The van der Waals surface area contributed by atoms with Crippen LogP contribution >= 0.6 is 0 Å². The molecular weight excluding hydrogens is 394 g/mol. The van der Waals surface area contributed by atoms with E-state index < -0.39 is 34.9 Å². The lowest BCUT2D eigenvalue weighted by Gasteiger charge is -2.19. The number of halogens is 6. The van der Waals surface area contributed by atoms with Crippen molar-refractivity contribution in [1.29, 1.82) is 0 Å². The Morgan fingerprint density at radius 1 is 0.759 bits per heavy atom. The highest BCUT2D eigenvalue weighted by Gasteiger charge is 2.37. The van der Waals surface area contributed by atoms with Gasteiger partial charge in [-0.15, -0.1) is 0 Å². The van der Waals surface area contributed by atoms with Crippen LogP contribution in [0, 0.1) is 23.3 Å². The van der Waals surface area contributed by atoms with Crippen molar-refractivity contribution in [1.82, 2.24) is 0 Å². The molecule has 0 saturated carbocycles. The Bertz CT molecular complexity index is 991. The third kappa shape index (κ3) is 4.55. The van der Waals surface area contributed by atoms with Crippen molar-refractivity contribution in [3.05, 3.63) is 89.0 Å². The van der Waals surface area contributed by atoms with E-state index in [1.54, 1.807) is 0 Å².